The standard InChI is InChI=1S/C26H28N4O3/c31-26(28-23-5-7-24(8-6-23)29-10-14-32-15-11-29)21-3-1-2-20(18-21)22-4-9-25(27-19-22)30-12-16-33-17-13-30/h1-9,18-19H,10-17H2,(H,28,31). The van der Waals surface area contributed by atoms with Crippen LogP contribution in [0.25, 0.3) is 11.1 Å². The maximum atomic E-state index is 12.9. The fraction of sp³-hybridized carbons (Fsp3) is 0.308. The number of hydrogen-bond acceptors (Lipinski definition) is 6. The molecule has 2 aliphatic rings. The number of nitrogens with one attached hydrogen (secondary N) is 1. The van der Waals surface area contributed by atoms with Gasteiger partial charge in [0.05, 0.1) is 26.4 Å². The first-order chi connectivity index (χ1) is 16.3. The third-order valence-electron chi connectivity index (χ3n) is 6.04. The summed E-state index contributed by atoms with van der Waals surface area (Å²) in [5.41, 5.74) is 4.48. The smallest absolute Gasteiger partial charge is 0.255 e. The Labute approximate surface area is 193 Å². The highest BCUT2D eigenvalue weighted by Crippen LogP contribution is 2.24. The molecule has 1 aromatic heterocycles. The third-order valence-corrected chi connectivity index (χ3v) is 6.04. The number of ether oxygens (including phenoxy) is 2. The molecular weight excluding hydrogens is 416 g/mol. The highest BCUT2D eigenvalue weighted by atomic mass is 16.5. The van der Waals surface area contributed by atoms with Crippen LogP contribution in [0.2, 0.25) is 0 Å². The Kier molecular flexibility index (Phi) is 6.51. The van der Waals surface area contributed by atoms with Crippen molar-refractivity contribution in [2.75, 3.05) is 67.7 Å². The number of rotatable bonds is 5. The molecule has 7 heteroatoms. The molecule has 0 aliphatic carbocycles. The third kappa shape index (κ3) is 5.16. The fourth-order valence-corrected chi connectivity index (χ4v) is 4.16. The summed E-state index contributed by atoms with van der Waals surface area (Å²) in [6.07, 6.45) is 1.87. The van der Waals surface area contributed by atoms with Gasteiger partial charge in [-0.25, -0.2) is 4.98 Å². The van der Waals surface area contributed by atoms with E-state index < -0.39 is 0 Å². The van der Waals surface area contributed by atoms with Crippen LogP contribution in [0.15, 0.2) is 66.9 Å². The normalized spacial score (nSPS) is 16.5. The van der Waals surface area contributed by atoms with E-state index in [-0.39, 0.29) is 5.91 Å². The molecule has 3 aromatic rings. The molecule has 3 heterocycles. The molecule has 2 saturated heterocycles. The second kappa shape index (κ2) is 10.0. The Balaban J connectivity index is 1.25. The summed E-state index contributed by atoms with van der Waals surface area (Å²) >= 11 is 0. The van der Waals surface area contributed by atoms with Crippen LogP contribution >= 0.6 is 0 Å². The number of morpholine rings is 2. The van der Waals surface area contributed by atoms with E-state index in [1.165, 1.54) is 0 Å². The van der Waals surface area contributed by atoms with E-state index >= 15 is 0 Å². The number of nitrogens with zero attached hydrogens (tertiary/aromatic N) is 3. The van der Waals surface area contributed by atoms with E-state index in [0.717, 1.165) is 80.9 Å². The van der Waals surface area contributed by atoms with Crippen molar-refractivity contribution in [1.82, 2.24) is 4.98 Å². The van der Waals surface area contributed by atoms with Gasteiger partial charge in [-0.3, -0.25) is 4.79 Å². The number of amides is 1. The van der Waals surface area contributed by atoms with Crippen molar-refractivity contribution in [3.63, 3.8) is 0 Å². The lowest BCUT2D eigenvalue weighted by Crippen LogP contribution is -2.36. The molecule has 5 rings (SSSR count). The lowest BCUT2D eigenvalue weighted by atomic mass is 10.0. The summed E-state index contributed by atoms with van der Waals surface area (Å²) in [7, 11) is 0. The molecule has 2 aromatic carbocycles. The van der Waals surface area contributed by atoms with Gasteiger partial charge in [0, 0.05) is 54.9 Å². The predicted molar refractivity (Wildman–Crippen MR) is 130 cm³/mol. The van der Waals surface area contributed by atoms with Crippen molar-refractivity contribution in [3.8, 4) is 11.1 Å². The average molecular weight is 445 g/mol. The van der Waals surface area contributed by atoms with Gasteiger partial charge >= 0.3 is 0 Å². The SMILES string of the molecule is O=C(Nc1ccc(N2CCOCC2)cc1)c1cccc(-c2ccc(N3CCOCC3)nc2)c1. The van der Waals surface area contributed by atoms with Crippen LogP contribution in [-0.2, 0) is 9.47 Å². The minimum absolute atomic E-state index is 0.131. The number of pyridine rings is 1. The van der Waals surface area contributed by atoms with E-state index in [1.807, 2.05) is 60.8 Å². The van der Waals surface area contributed by atoms with Crippen LogP contribution in [0.1, 0.15) is 10.4 Å². The molecular formula is C26H28N4O3. The van der Waals surface area contributed by atoms with Crippen LogP contribution in [0.4, 0.5) is 17.2 Å². The van der Waals surface area contributed by atoms with Gasteiger partial charge in [0.2, 0.25) is 0 Å². The second-order valence-corrected chi connectivity index (χ2v) is 8.19. The van der Waals surface area contributed by atoms with Gasteiger partial charge in [-0.15, -0.1) is 0 Å². The Morgan fingerprint density at radius 1 is 0.788 bits per heavy atom. The van der Waals surface area contributed by atoms with Gasteiger partial charge in [-0.1, -0.05) is 12.1 Å². The molecule has 170 valence electrons. The van der Waals surface area contributed by atoms with Crippen LogP contribution < -0.4 is 15.1 Å². The first-order valence-electron chi connectivity index (χ1n) is 11.4. The van der Waals surface area contributed by atoms with Crippen LogP contribution in [-0.4, -0.2) is 63.5 Å². The van der Waals surface area contributed by atoms with Gasteiger partial charge < -0.3 is 24.6 Å². The van der Waals surface area contributed by atoms with Gasteiger partial charge in [-0.2, -0.15) is 0 Å². The zero-order valence-corrected chi connectivity index (χ0v) is 18.6. The minimum Gasteiger partial charge on any atom is -0.378 e. The summed E-state index contributed by atoms with van der Waals surface area (Å²) in [6, 6.07) is 19.7. The molecule has 1 amide bonds. The molecule has 1 N–H and O–H groups in total. The fourth-order valence-electron chi connectivity index (χ4n) is 4.16. The molecule has 0 bridgehead atoms. The number of carbonyl (C=O) groups excluding carboxylic acids is 1. The van der Waals surface area contributed by atoms with Gasteiger partial charge in [0.15, 0.2) is 0 Å². The summed E-state index contributed by atoms with van der Waals surface area (Å²) < 4.78 is 10.8. The monoisotopic (exact) mass is 444 g/mol. The van der Waals surface area contributed by atoms with Crippen molar-refractivity contribution >= 4 is 23.1 Å². The van der Waals surface area contributed by atoms with E-state index in [4.69, 9.17) is 9.47 Å². The molecule has 0 spiro atoms. The van der Waals surface area contributed by atoms with Crippen molar-refractivity contribution in [2.24, 2.45) is 0 Å². The molecule has 0 saturated carbocycles. The van der Waals surface area contributed by atoms with Gasteiger partial charge in [-0.05, 0) is 54.1 Å². The highest BCUT2D eigenvalue weighted by Gasteiger charge is 2.14. The maximum absolute atomic E-state index is 12.9. The van der Waals surface area contributed by atoms with Crippen molar-refractivity contribution < 1.29 is 14.3 Å². The first kappa shape index (κ1) is 21.4. The van der Waals surface area contributed by atoms with Crippen molar-refractivity contribution in [3.05, 3.63) is 72.4 Å². The second-order valence-electron chi connectivity index (χ2n) is 8.19. The summed E-state index contributed by atoms with van der Waals surface area (Å²) in [4.78, 5) is 22.0. The lowest BCUT2D eigenvalue weighted by Gasteiger charge is -2.28. The van der Waals surface area contributed by atoms with E-state index in [2.05, 4.69) is 26.2 Å². The Morgan fingerprint density at radius 3 is 2.15 bits per heavy atom. The molecule has 2 aliphatic heterocycles. The van der Waals surface area contributed by atoms with E-state index in [9.17, 15) is 4.79 Å². The number of carbonyl (C=O) groups is 1. The Hall–Kier alpha value is -3.42. The number of anilines is 3. The molecule has 2 fully saturated rings. The maximum Gasteiger partial charge on any atom is 0.255 e. The van der Waals surface area contributed by atoms with Crippen LogP contribution in [0, 0.1) is 0 Å². The summed E-state index contributed by atoms with van der Waals surface area (Å²) in [5, 5.41) is 3.00. The Bertz CT molecular complexity index is 1070. The molecule has 0 radical (unpaired) electrons. The zero-order valence-electron chi connectivity index (χ0n) is 18.6. The Morgan fingerprint density at radius 2 is 1.48 bits per heavy atom. The largest absolute Gasteiger partial charge is 0.378 e. The molecule has 7 nitrogen and oxygen atoms in total. The minimum atomic E-state index is -0.131. The zero-order chi connectivity index (χ0) is 22.5. The molecule has 0 atom stereocenters. The number of aromatic nitrogens is 1. The van der Waals surface area contributed by atoms with Gasteiger partial charge in [0.25, 0.3) is 5.91 Å². The first-order valence-corrected chi connectivity index (χ1v) is 11.4. The topological polar surface area (TPSA) is 66.9 Å². The van der Waals surface area contributed by atoms with E-state index in [1.54, 1.807) is 0 Å². The number of benzene rings is 2. The van der Waals surface area contributed by atoms with Crippen LogP contribution in [0.3, 0.4) is 0 Å². The van der Waals surface area contributed by atoms with Crippen molar-refractivity contribution in [1.29, 1.82) is 0 Å². The lowest BCUT2D eigenvalue weighted by molar-refractivity contribution is 0.102. The average Bonchev–Trinajstić information content (AvgIpc) is 2.90. The van der Waals surface area contributed by atoms with Crippen LogP contribution in [0.5, 0.6) is 0 Å². The number of hydrogen-bond donors (Lipinski definition) is 1. The van der Waals surface area contributed by atoms with Gasteiger partial charge in [0.1, 0.15) is 5.82 Å². The van der Waals surface area contributed by atoms with Crippen molar-refractivity contribution in [2.45, 2.75) is 0 Å². The summed E-state index contributed by atoms with van der Waals surface area (Å²) in [5.74, 6) is 0.824. The summed E-state index contributed by atoms with van der Waals surface area (Å²) in [6.45, 7) is 6.46. The molecule has 0 unspecified atom stereocenters. The van der Waals surface area contributed by atoms with E-state index in [0.29, 0.717) is 5.56 Å². The predicted octanol–water partition coefficient (Wildman–Crippen LogP) is 3.67. The quantitative estimate of drug-likeness (QED) is 0.648. The highest BCUT2D eigenvalue weighted by molar-refractivity contribution is 6.05. The molecule has 33 heavy (non-hydrogen) atoms.